The zero-order chi connectivity index (χ0) is 12.4. The molecule has 0 radical (unpaired) electrons. The van der Waals surface area contributed by atoms with Gasteiger partial charge in [0.2, 0.25) is 0 Å². The highest BCUT2D eigenvalue weighted by atomic mass is 16.3. The van der Waals surface area contributed by atoms with Crippen molar-refractivity contribution in [1.29, 1.82) is 0 Å². The van der Waals surface area contributed by atoms with Crippen LogP contribution in [0.5, 0.6) is 0 Å². The maximum absolute atomic E-state index is 8.89. The smallest absolute Gasteiger partial charge is 0.145 e. The first-order valence-corrected chi connectivity index (χ1v) is 5.43. The molecule has 5 heteroatoms. The van der Waals surface area contributed by atoms with Crippen molar-refractivity contribution in [3.63, 3.8) is 0 Å². The van der Waals surface area contributed by atoms with Gasteiger partial charge in [0.05, 0.1) is 13.2 Å². The molecule has 0 saturated carbocycles. The third-order valence-electron chi connectivity index (χ3n) is 2.67. The Hall–Kier alpha value is -2.01. The van der Waals surface area contributed by atoms with E-state index in [0.717, 1.165) is 5.56 Å². The molecule has 5 N–H and O–H groups in total. The number of aliphatic hydroxyl groups is 1. The summed E-state index contributed by atoms with van der Waals surface area (Å²) in [6, 6.07) is 7.90. The Morgan fingerprint density at radius 3 is 2.47 bits per heavy atom. The van der Waals surface area contributed by atoms with Gasteiger partial charge in [0.15, 0.2) is 0 Å². The van der Waals surface area contributed by atoms with Crippen LogP contribution < -0.4 is 11.5 Å². The van der Waals surface area contributed by atoms with Gasteiger partial charge in [0.25, 0.3) is 0 Å². The molecular weight excluding hydrogens is 216 g/mol. The molecule has 1 aromatic heterocycles. The van der Waals surface area contributed by atoms with Crippen LogP contribution in [0.2, 0.25) is 0 Å². The van der Waals surface area contributed by atoms with Gasteiger partial charge in [-0.1, -0.05) is 29.8 Å². The average molecular weight is 232 g/mol. The average Bonchev–Trinajstić information content (AvgIpc) is 2.59. The molecule has 1 heterocycles. The zero-order valence-electron chi connectivity index (χ0n) is 9.72. The molecule has 0 aliphatic rings. The second kappa shape index (κ2) is 4.47. The molecule has 0 unspecified atom stereocenters. The lowest BCUT2D eigenvalue weighted by Crippen LogP contribution is -2.08. The normalized spacial score (nSPS) is 10.7. The Bertz CT molecular complexity index is 516. The van der Waals surface area contributed by atoms with E-state index in [1.54, 1.807) is 0 Å². The molecule has 0 saturated heterocycles. The number of aryl methyl sites for hydroxylation is 1. The standard InChI is InChI=1S/C12H16N4O/c1-8-2-4-9(5-3-8)11-10(13)12(14)16(15-11)6-7-17/h2-5,17H,6-7,13-14H2,1H3. The van der Waals surface area contributed by atoms with Crippen LogP contribution in [-0.4, -0.2) is 21.5 Å². The number of aromatic nitrogens is 2. The third kappa shape index (κ3) is 2.09. The summed E-state index contributed by atoms with van der Waals surface area (Å²) in [6.07, 6.45) is 0. The molecule has 0 aliphatic carbocycles. The monoisotopic (exact) mass is 232 g/mol. The van der Waals surface area contributed by atoms with Crippen LogP contribution in [0, 0.1) is 6.92 Å². The summed E-state index contributed by atoms with van der Waals surface area (Å²) in [4.78, 5) is 0. The van der Waals surface area contributed by atoms with Crippen molar-refractivity contribution < 1.29 is 5.11 Å². The SMILES string of the molecule is Cc1ccc(-c2nn(CCO)c(N)c2N)cc1. The van der Waals surface area contributed by atoms with E-state index in [1.165, 1.54) is 10.2 Å². The number of hydrogen-bond donors (Lipinski definition) is 3. The van der Waals surface area contributed by atoms with Crippen molar-refractivity contribution in [3.05, 3.63) is 29.8 Å². The number of benzene rings is 1. The number of anilines is 2. The highest BCUT2D eigenvalue weighted by Gasteiger charge is 2.13. The Kier molecular flexibility index (Phi) is 3.01. The summed E-state index contributed by atoms with van der Waals surface area (Å²) in [5, 5.41) is 13.2. The summed E-state index contributed by atoms with van der Waals surface area (Å²) in [5.74, 6) is 0.398. The number of aliphatic hydroxyl groups excluding tert-OH is 1. The fourth-order valence-corrected chi connectivity index (χ4v) is 1.68. The number of nitrogen functional groups attached to an aromatic ring is 2. The molecule has 0 atom stereocenters. The van der Waals surface area contributed by atoms with E-state index < -0.39 is 0 Å². The van der Waals surface area contributed by atoms with E-state index in [4.69, 9.17) is 16.6 Å². The van der Waals surface area contributed by atoms with E-state index in [9.17, 15) is 0 Å². The summed E-state index contributed by atoms with van der Waals surface area (Å²) >= 11 is 0. The molecule has 0 fully saturated rings. The summed E-state index contributed by atoms with van der Waals surface area (Å²) in [6.45, 7) is 2.35. The third-order valence-corrected chi connectivity index (χ3v) is 2.67. The van der Waals surface area contributed by atoms with Crippen LogP contribution in [0.25, 0.3) is 11.3 Å². The fraction of sp³-hybridized carbons (Fsp3) is 0.250. The zero-order valence-corrected chi connectivity index (χ0v) is 9.72. The van der Waals surface area contributed by atoms with Gasteiger partial charge >= 0.3 is 0 Å². The van der Waals surface area contributed by atoms with Gasteiger partial charge in [-0.25, -0.2) is 4.68 Å². The number of hydrogen-bond acceptors (Lipinski definition) is 4. The molecule has 2 rings (SSSR count). The Morgan fingerprint density at radius 2 is 1.88 bits per heavy atom. The van der Waals surface area contributed by atoms with Crippen molar-refractivity contribution in [1.82, 2.24) is 9.78 Å². The minimum Gasteiger partial charge on any atom is -0.394 e. The van der Waals surface area contributed by atoms with Gasteiger partial charge in [-0.15, -0.1) is 0 Å². The Labute approximate surface area is 99.7 Å². The quantitative estimate of drug-likeness (QED) is 0.736. The largest absolute Gasteiger partial charge is 0.394 e. The van der Waals surface area contributed by atoms with Crippen molar-refractivity contribution in [2.45, 2.75) is 13.5 Å². The second-order valence-corrected chi connectivity index (χ2v) is 3.96. The summed E-state index contributed by atoms with van der Waals surface area (Å²) in [7, 11) is 0. The maximum atomic E-state index is 8.89. The van der Waals surface area contributed by atoms with Crippen LogP contribution in [-0.2, 0) is 6.54 Å². The predicted octanol–water partition coefficient (Wildman–Crippen LogP) is 1.02. The first kappa shape index (κ1) is 11.5. The minimum atomic E-state index is -0.0152. The van der Waals surface area contributed by atoms with Crippen LogP contribution >= 0.6 is 0 Å². The molecular formula is C12H16N4O. The number of nitrogens with two attached hydrogens (primary N) is 2. The fourth-order valence-electron chi connectivity index (χ4n) is 1.68. The van der Waals surface area contributed by atoms with E-state index in [0.29, 0.717) is 23.7 Å². The van der Waals surface area contributed by atoms with Crippen molar-refractivity contribution >= 4 is 11.5 Å². The molecule has 0 bridgehead atoms. The summed E-state index contributed by atoms with van der Waals surface area (Å²) in [5.41, 5.74) is 15.0. The van der Waals surface area contributed by atoms with Crippen molar-refractivity contribution in [3.8, 4) is 11.3 Å². The molecule has 17 heavy (non-hydrogen) atoms. The van der Waals surface area contributed by atoms with Gasteiger partial charge in [-0.2, -0.15) is 5.10 Å². The Balaban J connectivity index is 2.45. The van der Waals surface area contributed by atoms with E-state index in [1.807, 2.05) is 31.2 Å². The highest BCUT2D eigenvalue weighted by molar-refractivity contribution is 5.80. The maximum Gasteiger partial charge on any atom is 0.145 e. The van der Waals surface area contributed by atoms with Gasteiger partial charge in [0.1, 0.15) is 17.2 Å². The lowest BCUT2D eigenvalue weighted by Gasteiger charge is -1.99. The van der Waals surface area contributed by atoms with Crippen LogP contribution in [0.15, 0.2) is 24.3 Å². The molecule has 1 aromatic carbocycles. The minimum absolute atomic E-state index is 0.0152. The molecule has 0 aliphatic heterocycles. The van der Waals surface area contributed by atoms with Gasteiger partial charge < -0.3 is 16.6 Å². The van der Waals surface area contributed by atoms with E-state index in [2.05, 4.69) is 5.10 Å². The number of nitrogens with zero attached hydrogens (tertiary/aromatic N) is 2. The van der Waals surface area contributed by atoms with Crippen LogP contribution in [0.1, 0.15) is 5.56 Å². The van der Waals surface area contributed by atoms with Gasteiger partial charge in [-0.3, -0.25) is 0 Å². The topological polar surface area (TPSA) is 90.1 Å². The van der Waals surface area contributed by atoms with E-state index >= 15 is 0 Å². The lowest BCUT2D eigenvalue weighted by atomic mass is 10.1. The molecule has 90 valence electrons. The molecule has 5 nitrogen and oxygen atoms in total. The second-order valence-electron chi connectivity index (χ2n) is 3.96. The van der Waals surface area contributed by atoms with Crippen LogP contribution in [0.3, 0.4) is 0 Å². The highest BCUT2D eigenvalue weighted by Crippen LogP contribution is 2.29. The van der Waals surface area contributed by atoms with Gasteiger partial charge in [-0.05, 0) is 6.92 Å². The number of rotatable bonds is 3. The van der Waals surface area contributed by atoms with Gasteiger partial charge in [0, 0.05) is 5.56 Å². The predicted molar refractivity (Wildman–Crippen MR) is 68.3 cm³/mol. The van der Waals surface area contributed by atoms with Crippen molar-refractivity contribution in [2.75, 3.05) is 18.1 Å². The molecule has 2 aromatic rings. The van der Waals surface area contributed by atoms with Crippen molar-refractivity contribution in [2.24, 2.45) is 0 Å². The lowest BCUT2D eigenvalue weighted by molar-refractivity contribution is 0.270. The molecule has 0 amide bonds. The van der Waals surface area contributed by atoms with Crippen LogP contribution in [0.4, 0.5) is 11.5 Å². The Morgan fingerprint density at radius 1 is 1.24 bits per heavy atom. The first-order valence-electron chi connectivity index (χ1n) is 5.43. The van der Waals surface area contributed by atoms with E-state index in [-0.39, 0.29) is 6.61 Å². The first-order chi connectivity index (χ1) is 8.13. The summed E-state index contributed by atoms with van der Waals surface area (Å²) < 4.78 is 1.52. The molecule has 0 spiro atoms.